The quantitative estimate of drug-likeness (QED) is 0.274. The molecule has 2 aromatic heterocycles. The Bertz CT molecular complexity index is 1410. The normalized spacial score (nSPS) is 15.8. The molecule has 1 aliphatic heterocycles. The zero-order valence-corrected chi connectivity index (χ0v) is 21.7. The first kappa shape index (κ1) is 24.9. The van der Waals surface area contributed by atoms with Crippen LogP contribution in [0.15, 0.2) is 91.1 Å². The number of aromatic nitrogens is 2. The minimum Gasteiger partial charge on any atom is -0.481 e. The molecule has 198 valence electrons. The lowest BCUT2D eigenvalue weighted by molar-refractivity contribution is -0.140. The van der Waals surface area contributed by atoms with Crippen molar-refractivity contribution < 1.29 is 19.4 Å². The molecule has 0 atom stereocenters. The number of carboxylic acid groups (broad SMARTS) is 1. The Labute approximate surface area is 228 Å². The first-order valence-corrected chi connectivity index (χ1v) is 13.3. The van der Waals surface area contributed by atoms with E-state index in [0.29, 0.717) is 30.9 Å². The maximum absolute atomic E-state index is 11.0. The molecule has 1 aliphatic carbocycles. The molecule has 0 bridgehead atoms. The SMILES string of the molecule is O=C(O)CC1CC2(C1)CN(c1ccc(-c3ccc(OCc4ccccc4)nc3OCc3ccccc3)cn1)C2. The van der Waals surface area contributed by atoms with Gasteiger partial charge in [-0.15, -0.1) is 0 Å². The van der Waals surface area contributed by atoms with Crippen LogP contribution in [0, 0.1) is 11.3 Å². The molecule has 0 amide bonds. The van der Waals surface area contributed by atoms with Gasteiger partial charge < -0.3 is 19.5 Å². The highest BCUT2D eigenvalue weighted by Gasteiger charge is 2.52. The van der Waals surface area contributed by atoms with E-state index in [1.807, 2.05) is 85.1 Å². The van der Waals surface area contributed by atoms with Crippen LogP contribution in [-0.2, 0) is 18.0 Å². The molecular weight excluding hydrogens is 490 g/mol. The summed E-state index contributed by atoms with van der Waals surface area (Å²) in [5.74, 6) is 1.57. The van der Waals surface area contributed by atoms with Crippen LogP contribution in [-0.4, -0.2) is 34.1 Å². The molecule has 4 aromatic rings. The molecule has 39 heavy (non-hydrogen) atoms. The van der Waals surface area contributed by atoms with Crippen molar-refractivity contribution in [2.24, 2.45) is 11.3 Å². The fourth-order valence-corrected chi connectivity index (χ4v) is 5.76. The predicted molar refractivity (Wildman–Crippen MR) is 149 cm³/mol. The molecule has 1 N–H and O–H groups in total. The number of benzene rings is 2. The third-order valence-corrected chi connectivity index (χ3v) is 7.62. The topological polar surface area (TPSA) is 84.8 Å². The van der Waals surface area contributed by atoms with Crippen molar-refractivity contribution in [1.29, 1.82) is 0 Å². The molecule has 2 fully saturated rings. The van der Waals surface area contributed by atoms with Crippen molar-refractivity contribution in [2.45, 2.75) is 32.5 Å². The van der Waals surface area contributed by atoms with Gasteiger partial charge in [0.05, 0.1) is 0 Å². The number of ether oxygens (including phenoxy) is 2. The summed E-state index contributed by atoms with van der Waals surface area (Å²) in [7, 11) is 0. The zero-order chi connectivity index (χ0) is 26.7. The minimum atomic E-state index is -0.694. The highest BCUT2D eigenvalue weighted by atomic mass is 16.5. The summed E-state index contributed by atoms with van der Waals surface area (Å²) in [5, 5.41) is 9.02. The molecule has 1 saturated heterocycles. The summed E-state index contributed by atoms with van der Waals surface area (Å²) in [5.41, 5.74) is 4.18. The third-order valence-electron chi connectivity index (χ3n) is 7.62. The number of anilines is 1. The first-order valence-electron chi connectivity index (χ1n) is 13.3. The fraction of sp³-hybridized carbons (Fsp3) is 0.281. The molecule has 7 nitrogen and oxygen atoms in total. The van der Waals surface area contributed by atoms with Gasteiger partial charge in [-0.2, -0.15) is 4.98 Å². The van der Waals surface area contributed by atoms with Crippen molar-refractivity contribution in [1.82, 2.24) is 9.97 Å². The van der Waals surface area contributed by atoms with Gasteiger partial charge in [-0.25, -0.2) is 4.98 Å². The summed E-state index contributed by atoms with van der Waals surface area (Å²) in [4.78, 5) is 22.7. The van der Waals surface area contributed by atoms with Crippen molar-refractivity contribution in [3.8, 4) is 22.9 Å². The van der Waals surface area contributed by atoms with E-state index >= 15 is 0 Å². The average Bonchev–Trinajstić information content (AvgIpc) is 2.92. The molecule has 0 unspecified atom stereocenters. The van der Waals surface area contributed by atoms with Crippen LogP contribution in [0.1, 0.15) is 30.4 Å². The first-order chi connectivity index (χ1) is 19.1. The molecule has 2 aliphatic rings. The van der Waals surface area contributed by atoms with Crippen LogP contribution < -0.4 is 14.4 Å². The zero-order valence-electron chi connectivity index (χ0n) is 21.7. The van der Waals surface area contributed by atoms with Gasteiger partial charge in [0.15, 0.2) is 0 Å². The number of hydrogen-bond acceptors (Lipinski definition) is 6. The molecule has 6 rings (SSSR count). The van der Waals surface area contributed by atoms with E-state index in [1.54, 1.807) is 0 Å². The van der Waals surface area contributed by atoms with Crippen LogP contribution in [0.25, 0.3) is 11.1 Å². The highest BCUT2D eigenvalue weighted by Crippen LogP contribution is 2.53. The van der Waals surface area contributed by atoms with Gasteiger partial charge in [0.1, 0.15) is 19.0 Å². The molecule has 0 radical (unpaired) electrons. The largest absolute Gasteiger partial charge is 0.481 e. The second-order valence-electron chi connectivity index (χ2n) is 10.7. The van der Waals surface area contributed by atoms with Gasteiger partial charge in [0.25, 0.3) is 0 Å². The Morgan fingerprint density at radius 2 is 1.54 bits per heavy atom. The number of nitrogens with zero attached hydrogens (tertiary/aromatic N) is 3. The Hall–Kier alpha value is -4.39. The molecular formula is C32H31N3O4. The van der Waals surface area contributed by atoms with Gasteiger partial charge in [-0.1, -0.05) is 60.7 Å². The predicted octanol–water partition coefficient (Wildman–Crippen LogP) is 5.99. The van der Waals surface area contributed by atoms with Crippen LogP contribution in [0.5, 0.6) is 11.8 Å². The monoisotopic (exact) mass is 521 g/mol. The third kappa shape index (κ3) is 5.72. The number of hydrogen-bond donors (Lipinski definition) is 1. The van der Waals surface area contributed by atoms with E-state index in [4.69, 9.17) is 24.5 Å². The summed E-state index contributed by atoms with van der Waals surface area (Å²) in [6.45, 7) is 2.70. The van der Waals surface area contributed by atoms with E-state index in [1.165, 1.54) is 0 Å². The molecule has 1 spiro atoms. The van der Waals surface area contributed by atoms with Gasteiger partial charge >= 0.3 is 5.97 Å². The lowest BCUT2D eigenvalue weighted by Gasteiger charge is -2.59. The fourth-order valence-electron chi connectivity index (χ4n) is 5.76. The maximum Gasteiger partial charge on any atom is 0.303 e. The Balaban J connectivity index is 1.15. The lowest BCUT2D eigenvalue weighted by atomic mass is 9.57. The summed E-state index contributed by atoms with van der Waals surface area (Å²) in [6.07, 6.45) is 4.15. The summed E-state index contributed by atoms with van der Waals surface area (Å²) in [6, 6.07) is 27.9. The van der Waals surface area contributed by atoms with Crippen molar-refractivity contribution in [2.75, 3.05) is 18.0 Å². The molecule has 2 aromatic carbocycles. The van der Waals surface area contributed by atoms with Crippen molar-refractivity contribution in [3.63, 3.8) is 0 Å². The van der Waals surface area contributed by atoms with E-state index in [9.17, 15) is 4.79 Å². The standard InChI is InChI=1S/C32H31N3O4/c36-30(37)15-25-16-32(17-25)21-35(22-32)28-13-11-26(18-33-28)27-12-14-29(38-19-23-7-3-1-4-8-23)34-31(27)39-20-24-9-5-2-6-10-24/h1-14,18,25H,15-17,19-22H2,(H,36,37). The lowest BCUT2D eigenvalue weighted by Crippen LogP contribution is -2.62. The Morgan fingerprint density at radius 1 is 0.872 bits per heavy atom. The highest BCUT2D eigenvalue weighted by molar-refractivity contribution is 5.69. The van der Waals surface area contributed by atoms with Gasteiger partial charge in [0.2, 0.25) is 11.8 Å². The van der Waals surface area contributed by atoms with Gasteiger partial charge in [0, 0.05) is 48.3 Å². The maximum atomic E-state index is 11.0. The van der Waals surface area contributed by atoms with Gasteiger partial charge in [-0.05, 0) is 48.1 Å². The number of aliphatic carboxylic acids is 1. The smallest absolute Gasteiger partial charge is 0.303 e. The average molecular weight is 522 g/mol. The van der Waals surface area contributed by atoms with Crippen LogP contribution in [0.2, 0.25) is 0 Å². The van der Waals surface area contributed by atoms with E-state index in [0.717, 1.165) is 54.0 Å². The molecule has 7 heteroatoms. The number of rotatable bonds is 10. The van der Waals surface area contributed by atoms with E-state index < -0.39 is 5.97 Å². The van der Waals surface area contributed by atoms with Crippen LogP contribution >= 0.6 is 0 Å². The van der Waals surface area contributed by atoms with Crippen LogP contribution in [0.3, 0.4) is 0 Å². The number of carbonyl (C=O) groups is 1. The number of carboxylic acids is 1. The second-order valence-corrected chi connectivity index (χ2v) is 10.7. The molecule has 3 heterocycles. The minimum absolute atomic E-state index is 0.276. The van der Waals surface area contributed by atoms with E-state index in [2.05, 4.69) is 11.0 Å². The molecule has 1 saturated carbocycles. The second kappa shape index (κ2) is 10.8. The van der Waals surface area contributed by atoms with Crippen molar-refractivity contribution in [3.05, 3.63) is 102 Å². The number of pyridine rings is 2. The summed E-state index contributed by atoms with van der Waals surface area (Å²) >= 11 is 0. The Kier molecular flexibility index (Phi) is 6.88. The summed E-state index contributed by atoms with van der Waals surface area (Å²) < 4.78 is 12.2. The van der Waals surface area contributed by atoms with Crippen LogP contribution in [0.4, 0.5) is 5.82 Å². The Morgan fingerprint density at radius 3 is 2.15 bits per heavy atom. The van der Waals surface area contributed by atoms with Gasteiger partial charge in [-0.3, -0.25) is 4.79 Å². The van der Waals surface area contributed by atoms with Crippen molar-refractivity contribution >= 4 is 11.8 Å². The van der Waals surface area contributed by atoms with E-state index in [-0.39, 0.29) is 11.8 Å².